The number of fused-ring (bicyclic) bond motifs is 1. The zero-order valence-electron chi connectivity index (χ0n) is 7.86. The summed E-state index contributed by atoms with van der Waals surface area (Å²) in [6.45, 7) is 2.10. The van der Waals surface area contributed by atoms with Crippen molar-refractivity contribution in [3.05, 3.63) is 24.1 Å². The van der Waals surface area contributed by atoms with Crippen LogP contribution in [0.5, 0.6) is 5.75 Å². The van der Waals surface area contributed by atoms with Gasteiger partial charge in [0.15, 0.2) is 11.5 Å². The smallest absolute Gasteiger partial charge is 0.192 e. The van der Waals surface area contributed by atoms with Crippen molar-refractivity contribution >= 4 is 11.1 Å². The maximum Gasteiger partial charge on any atom is 0.192 e. The number of aliphatic hydroxyl groups is 1. The molecular formula is C10H11NO3. The Hall–Kier alpha value is -1.55. The minimum absolute atomic E-state index is 0.00741. The van der Waals surface area contributed by atoms with Gasteiger partial charge in [0.05, 0.1) is 6.61 Å². The highest BCUT2D eigenvalue weighted by atomic mass is 16.5. The zero-order valence-corrected chi connectivity index (χ0v) is 7.86. The van der Waals surface area contributed by atoms with Crippen molar-refractivity contribution in [2.75, 3.05) is 13.2 Å². The predicted molar refractivity (Wildman–Crippen MR) is 51.3 cm³/mol. The Balaban J connectivity index is 2.31. The molecule has 0 saturated carbocycles. The van der Waals surface area contributed by atoms with E-state index >= 15 is 0 Å². The van der Waals surface area contributed by atoms with Gasteiger partial charge in [0.2, 0.25) is 0 Å². The topological polar surface area (TPSA) is 55.5 Å². The molecule has 0 radical (unpaired) electrons. The van der Waals surface area contributed by atoms with E-state index in [0.29, 0.717) is 23.8 Å². The van der Waals surface area contributed by atoms with Crippen molar-refractivity contribution < 1.29 is 14.3 Å². The number of hydrogen-bond donors (Lipinski definition) is 1. The number of oxazole rings is 1. The van der Waals surface area contributed by atoms with Gasteiger partial charge in [0.1, 0.15) is 17.9 Å². The Labute approximate surface area is 81.1 Å². The van der Waals surface area contributed by atoms with E-state index in [1.165, 1.54) is 0 Å². The van der Waals surface area contributed by atoms with Gasteiger partial charge in [-0.2, -0.15) is 0 Å². The minimum Gasteiger partial charge on any atom is -0.491 e. The van der Waals surface area contributed by atoms with Crippen LogP contribution in [0.1, 0.15) is 5.89 Å². The number of aliphatic hydroxyl groups excluding tert-OH is 1. The highest BCUT2D eigenvalue weighted by Gasteiger charge is 2.03. The van der Waals surface area contributed by atoms with E-state index < -0.39 is 0 Å². The van der Waals surface area contributed by atoms with Crippen molar-refractivity contribution in [1.29, 1.82) is 0 Å². The first-order valence-corrected chi connectivity index (χ1v) is 4.40. The van der Waals surface area contributed by atoms with Crippen LogP contribution in [-0.2, 0) is 0 Å². The van der Waals surface area contributed by atoms with Crippen molar-refractivity contribution in [3.63, 3.8) is 0 Å². The second-order valence-corrected chi connectivity index (χ2v) is 2.93. The first-order valence-electron chi connectivity index (χ1n) is 4.40. The third-order valence-corrected chi connectivity index (χ3v) is 1.83. The predicted octanol–water partition coefficient (Wildman–Crippen LogP) is 1.51. The summed E-state index contributed by atoms with van der Waals surface area (Å²) < 4.78 is 10.6. The molecule has 0 aliphatic heterocycles. The Morgan fingerprint density at radius 3 is 3.14 bits per heavy atom. The Morgan fingerprint density at radius 2 is 2.36 bits per heavy atom. The van der Waals surface area contributed by atoms with Gasteiger partial charge < -0.3 is 14.3 Å². The number of benzene rings is 1. The molecule has 1 N–H and O–H groups in total. The SMILES string of the molecule is Cc1nc2ccc(OCCO)cc2o1. The largest absolute Gasteiger partial charge is 0.491 e. The molecule has 1 heterocycles. The Kier molecular flexibility index (Phi) is 2.37. The molecule has 4 nitrogen and oxygen atoms in total. The lowest BCUT2D eigenvalue weighted by atomic mass is 10.3. The van der Waals surface area contributed by atoms with E-state index in [1.807, 2.05) is 6.07 Å². The molecule has 0 fully saturated rings. The van der Waals surface area contributed by atoms with Crippen LogP contribution in [0.3, 0.4) is 0 Å². The molecule has 74 valence electrons. The number of nitrogens with zero attached hydrogens (tertiary/aromatic N) is 1. The molecule has 1 aromatic heterocycles. The zero-order chi connectivity index (χ0) is 9.97. The lowest BCUT2D eigenvalue weighted by Crippen LogP contribution is -2.01. The van der Waals surface area contributed by atoms with E-state index in [4.69, 9.17) is 14.3 Å². The quantitative estimate of drug-likeness (QED) is 0.802. The van der Waals surface area contributed by atoms with E-state index in [2.05, 4.69) is 4.98 Å². The number of hydrogen-bond acceptors (Lipinski definition) is 4. The van der Waals surface area contributed by atoms with E-state index in [-0.39, 0.29) is 6.61 Å². The summed E-state index contributed by atoms with van der Waals surface area (Å²) in [7, 11) is 0. The van der Waals surface area contributed by atoms with Crippen LogP contribution in [0.15, 0.2) is 22.6 Å². The van der Waals surface area contributed by atoms with Gasteiger partial charge in [0.25, 0.3) is 0 Å². The molecule has 14 heavy (non-hydrogen) atoms. The van der Waals surface area contributed by atoms with Crippen molar-refractivity contribution in [2.24, 2.45) is 0 Å². The maximum atomic E-state index is 8.58. The molecule has 0 aliphatic carbocycles. The second-order valence-electron chi connectivity index (χ2n) is 2.93. The number of ether oxygens (including phenoxy) is 1. The van der Waals surface area contributed by atoms with E-state index in [1.54, 1.807) is 19.1 Å². The lowest BCUT2D eigenvalue weighted by Gasteiger charge is -2.02. The molecule has 0 unspecified atom stereocenters. The van der Waals surface area contributed by atoms with Gasteiger partial charge in [-0.3, -0.25) is 0 Å². The third-order valence-electron chi connectivity index (χ3n) is 1.83. The molecule has 0 bridgehead atoms. The molecule has 0 amide bonds. The van der Waals surface area contributed by atoms with E-state index in [9.17, 15) is 0 Å². The summed E-state index contributed by atoms with van der Waals surface area (Å²) in [5.41, 5.74) is 1.52. The molecule has 0 saturated heterocycles. The summed E-state index contributed by atoms with van der Waals surface area (Å²) in [6, 6.07) is 5.41. The highest BCUT2D eigenvalue weighted by Crippen LogP contribution is 2.21. The van der Waals surface area contributed by atoms with Crippen LogP contribution >= 0.6 is 0 Å². The summed E-state index contributed by atoms with van der Waals surface area (Å²) in [5.74, 6) is 1.32. The molecule has 1 aromatic carbocycles. The monoisotopic (exact) mass is 193 g/mol. The molecule has 2 aromatic rings. The first kappa shape index (κ1) is 9.02. The van der Waals surface area contributed by atoms with Crippen LogP contribution in [0.4, 0.5) is 0 Å². The van der Waals surface area contributed by atoms with Crippen LogP contribution in [0, 0.1) is 6.92 Å². The van der Waals surface area contributed by atoms with Crippen molar-refractivity contribution in [1.82, 2.24) is 4.98 Å². The summed E-state index contributed by atoms with van der Waals surface area (Å²) in [6.07, 6.45) is 0. The molecule has 0 aliphatic rings. The summed E-state index contributed by atoms with van der Waals surface area (Å²) in [4.78, 5) is 4.16. The standard InChI is InChI=1S/C10H11NO3/c1-7-11-9-3-2-8(13-5-4-12)6-10(9)14-7/h2-3,6,12H,4-5H2,1H3. The number of aromatic nitrogens is 1. The number of rotatable bonds is 3. The molecule has 0 atom stereocenters. The van der Waals surface area contributed by atoms with Crippen LogP contribution in [0.25, 0.3) is 11.1 Å². The second kappa shape index (κ2) is 3.67. The van der Waals surface area contributed by atoms with Gasteiger partial charge >= 0.3 is 0 Å². The summed E-state index contributed by atoms with van der Waals surface area (Å²) in [5, 5.41) is 8.58. The fourth-order valence-electron chi connectivity index (χ4n) is 1.27. The van der Waals surface area contributed by atoms with Gasteiger partial charge in [-0.15, -0.1) is 0 Å². The fourth-order valence-corrected chi connectivity index (χ4v) is 1.27. The van der Waals surface area contributed by atoms with Gasteiger partial charge in [0, 0.05) is 13.0 Å². The molecular weight excluding hydrogens is 182 g/mol. The highest BCUT2D eigenvalue weighted by molar-refractivity contribution is 5.74. The molecule has 4 heteroatoms. The van der Waals surface area contributed by atoms with Crippen molar-refractivity contribution in [2.45, 2.75) is 6.92 Å². The van der Waals surface area contributed by atoms with E-state index in [0.717, 1.165) is 5.52 Å². The van der Waals surface area contributed by atoms with Gasteiger partial charge in [-0.05, 0) is 12.1 Å². The van der Waals surface area contributed by atoms with Crippen LogP contribution < -0.4 is 4.74 Å². The minimum atomic E-state index is 0.00741. The Bertz CT molecular complexity index is 436. The fraction of sp³-hybridized carbons (Fsp3) is 0.300. The molecule has 2 rings (SSSR count). The normalized spacial score (nSPS) is 10.7. The average Bonchev–Trinajstić information content (AvgIpc) is 2.54. The third kappa shape index (κ3) is 1.70. The van der Waals surface area contributed by atoms with Crippen LogP contribution in [-0.4, -0.2) is 23.3 Å². The first-order chi connectivity index (χ1) is 6.79. The average molecular weight is 193 g/mol. The van der Waals surface area contributed by atoms with Gasteiger partial charge in [-0.25, -0.2) is 4.98 Å². The number of aryl methyl sites for hydroxylation is 1. The Morgan fingerprint density at radius 1 is 1.50 bits per heavy atom. The molecule has 0 spiro atoms. The van der Waals surface area contributed by atoms with Crippen LogP contribution in [0.2, 0.25) is 0 Å². The summed E-state index contributed by atoms with van der Waals surface area (Å²) >= 11 is 0. The van der Waals surface area contributed by atoms with Crippen molar-refractivity contribution in [3.8, 4) is 5.75 Å². The lowest BCUT2D eigenvalue weighted by molar-refractivity contribution is 0.201. The van der Waals surface area contributed by atoms with Gasteiger partial charge in [-0.1, -0.05) is 0 Å². The maximum absolute atomic E-state index is 8.58.